The summed E-state index contributed by atoms with van der Waals surface area (Å²) in [7, 11) is 0. The zero-order valence-electron chi connectivity index (χ0n) is 11.5. The second kappa shape index (κ2) is 7.81. The molecule has 0 unspecified atom stereocenters. The fourth-order valence-electron chi connectivity index (χ4n) is 2.65. The third kappa shape index (κ3) is 4.57. The van der Waals surface area contributed by atoms with Gasteiger partial charge in [0.25, 0.3) is 0 Å². The van der Waals surface area contributed by atoms with Gasteiger partial charge in [0.2, 0.25) is 0 Å². The molecular weight excluding hydrogens is 236 g/mol. The number of rotatable bonds is 6. The highest BCUT2D eigenvalue weighted by molar-refractivity contribution is 5.42. The summed E-state index contributed by atoms with van der Waals surface area (Å²) in [6.45, 7) is 4.67. The van der Waals surface area contributed by atoms with Gasteiger partial charge in [-0.25, -0.2) is 0 Å². The number of quaternary nitrogens is 1. The zero-order valence-corrected chi connectivity index (χ0v) is 11.5. The summed E-state index contributed by atoms with van der Waals surface area (Å²) in [5, 5.41) is 8.96. The van der Waals surface area contributed by atoms with Gasteiger partial charge in [0.05, 0.1) is 31.8 Å². The van der Waals surface area contributed by atoms with Crippen LogP contribution in [0.15, 0.2) is 24.3 Å². The third-order valence-electron chi connectivity index (χ3n) is 3.75. The van der Waals surface area contributed by atoms with Crippen LogP contribution in [-0.2, 0) is 0 Å². The van der Waals surface area contributed by atoms with Crippen molar-refractivity contribution in [1.82, 2.24) is 0 Å². The predicted octanol–water partition coefficient (Wildman–Crippen LogP) is 1.79. The first-order valence-corrected chi connectivity index (χ1v) is 7.35. The van der Waals surface area contributed by atoms with E-state index in [9.17, 15) is 0 Å². The molecule has 1 aromatic carbocycles. The molecule has 1 fully saturated rings. The van der Waals surface area contributed by atoms with Crippen LogP contribution >= 0.6 is 0 Å². The molecule has 0 aromatic heterocycles. The first-order valence-electron chi connectivity index (χ1n) is 7.35. The van der Waals surface area contributed by atoms with Gasteiger partial charge in [0.1, 0.15) is 11.8 Å². The molecule has 19 heavy (non-hydrogen) atoms. The molecule has 0 spiro atoms. The van der Waals surface area contributed by atoms with Gasteiger partial charge in [-0.05, 0) is 44.2 Å². The number of para-hydroxylation sites is 1. The van der Waals surface area contributed by atoms with Crippen molar-refractivity contribution in [2.45, 2.75) is 32.1 Å². The molecule has 3 nitrogen and oxygen atoms in total. The lowest BCUT2D eigenvalue weighted by Gasteiger charge is -2.23. The van der Waals surface area contributed by atoms with E-state index in [-0.39, 0.29) is 0 Å². The van der Waals surface area contributed by atoms with Crippen molar-refractivity contribution < 1.29 is 9.64 Å². The van der Waals surface area contributed by atoms with Gasteiger partial charge < -0.3 is 9.64 Å². The second-order valence-corrected chi connectivity index (χ2v) is 5.22. The first-order chi connectivity index (χ1) is 9.40. The highest BCUT2D eigenvalue weighted by Gasteiger charge is 2.12. The van der Waals surface area contributed by atoms with Gasteiger partial charge in [-0.1, -0.05) is 12.1 Å². The molecule has 1 N–H and O–H groups in total. The van der Waals surface area contributed by atoms with Crippen LogP contribution in [0, 0.1) is 11.3 Å². The molecule has 1 saturated heterocycles. The molecule has 2 rings (SSSR count). The first kappa shape index (κ1) is 13.9. The molecule has 0 radical (unpaired) electrons. The molecule has 1 aliphatic heterocycles. The molecule has 0 saturated carbocycles. The van der Waals surface area contributed by atoms with Crippen molar-refractivity contribution in [2.24, 2.45) is 0 Å². The van der Waals surface area contributed by atoms with Crippen LogP contribution in [0.2, 0.25) is 0 Å². The number of nitrogens with one attached hydrogen (secondary N) is 1. The molecular formula is C16H23N2O+. The Morgan fingerprint density at radius 3 is 2.68 bits per heavy atom. The third-order valence-corrected chi connectivity index (χ3v) is 3.75. The Morgan fingerprint density at radius 2 is 1.89 bits per heavy atom. The molecule has 3 heteroatoms. The molecule has 0 amide bonds. The Labute approximate surface area is 115 Å². The van der Waals surface area contributed by atoms with Gasteiger partial charge in [0.15, 0.2) is 0 Å². The van der Waals surface area contributed by atoms with E-state index in [1.807, 2.05) is 18.2 Å². The van der Waals surface area contributed by atoms with Crippen LogP contribution in [-0.4, -0.2) is 26.2 Å². The fourth-order valence-corrected chi connectivity index (χ4v) is 2.65. The highest BCUT2D eigenvalue weighted by Crippen LogP contribution is 2.16. The zero-order chi connectivity index (χ0) is 13.3. The Morgan fingerprint density at radius 1 is 1.11 bits per heavy atom. The lowest BCUT2D eigenvalue weighted by atomic mass is 10.1. The largest absolute Gasteiger partial charge is 0.492 e. The Kier molecular flexibility index (Phi) is 5.71. The highest BCUT2D eigenvalue weighted by atomic mass is 16.5. The van der Waals surface area contributed by atoms with Gasteiger partial charge in [0, 0.05) is 0 Å². The Balaban J connectivity index is 1.62. The summed E-state index contributed by atoms with van der Waals surface area (Å²) in [5.74, 6) is 0.718. The normalized spacial score (nSPS) is 15.9. The average molecular weight is 259 g/mol. The number of nitriles is 1. The Hall–Kier alpha value is -1.53. The average Bonchev–Trinajstić information content (AvgIpc) is 2.48. The van der Waals surface area contributed by atoms with Gasteiger partial charge in [-0.3, -0.25) is 0 Å². The molecule has 1 aliphatic rings. The van der Waals surface area contributed by atoms with Crippen LogP contribution in [0.25, 0.3) is 0 Å². The molecule has 102 valence electrons. The summed E-state index contributed by atoms with van der Waals surface area (Å²) in [4.78, 5) is 1.75. The minimum absolute atomic E-state index is 0.629. The number of unbranched alkanes of at least 4 members (excludes halogenated alkanes) is 1. The van der Waals surface area contributed by atoms with E-state index in [0.29, 0.717) is 12.2 Å². The van der Waals surface area contributed by atoms with Crippen LogP contribution in [0.5, 0.6) is 5.75 Å². The Bertz CT molecular complexity index is 419. The number of hydrogen-bond acceptors (Lipinski definition) is 2. The van der Waals surface area contributed by atoms with Gasteiger partial charge in [-0.2, -0.15) is 5.26 Å². The van der Waals surface area contributed by atoms with Gasteiger partial charge in [-0.15, -0.1) is 0 Å². The summed E-state index contributed by atoms with van der Waals surface area (Å²) >= 11 is 0. The maximum atomic E-state index is 8.96. The molecule has 0 bridgehead atoms. The van der Waals surface area contributed by atoms with E-state index < -0.39 is 0 Å². The van der Waals surface area contributed by atoms with Crippen molar-refractivity contribution in [2.75, 3.05) is 26.2 Å². The maximum Gasteiger partial charge on any atom is 0.137 e. The monoisotopic (exact) mass is 259 g/mol. The number of piperidine rings is 1. The number of likely N-dealkylation sites (tertiary alicyclic amines) is 1. The van der Waals surface area contributed by atoms with E-state index in [0.717, 1.165) is 12.2 Å². The smallest absolute Gasteiger partial charge is 0.137 e. The molecule has 1 heterocycles. The lowest BCUT2D eigenvalue weighted by molar-refractivity contribution is -0.905. The SMILES string of the molecule is N#Cc1ccccc1OCCCC[NH+]1CCCCC1. The van der Waals surface area contributed by atoms with E-state index in [1.165, 1.54) is 45.3 Å². The fraction of sp³-hybridized carbons (Fsp3) is 0.562. The van der Waals surface area contributed by atoms with Crippen LogP contribution < -0.4 is 9.64 Å². The van der Waals surface area contributed by atoms with E-state index in [2.05, 4.69) is 6.07 Å². The predicted molar refractivity (Wildman–Crippen MR) is 75.3 cm³/mol. The summed E-state index contributed by atoms with van der Waals surface area (Å²) in [6.07, 6.45) is 6.48. The molecule has 1 aromatic rings. The lowest BCUT2D eigenvalue weighted by Crippen LogP contribution is -3.12. The van der Waals surface area contributed by atoms with Crippen molar-refractivity contribution in [1.29, 1.82) is 5.26 Å². The number of hydrogen-bond donors (Lipinski definition) is 1. The van der Waals surface area contributed by atoms with E-state index in [1.54, 1.807) is 11.0 Å². The minimum Gasteiger partial charge on any atom is -0.492 e. The topological polar surface area (TPSA) is 37.5 Å². The summed E-state index contributed by atoms with van der Waals surface area (Å²) < 4.78 is 5.69. The second-order valence-electron chi connectivity index (χ2n) is 5.22. The van der Waals surface area contributed by atoms with Crippen molar-refractivity contribution >= 4 is 0 Å². The maximum absolute atomic E-state index is 8.96. The van der Waals surface area contributed by atoms with Crippen LogP contribution in [0.4, 0.5) is 0 Å². The van der Waals surface area contributed by atoms with Gasteiger partial charge >= 0.3 is 0 Å². The van der Waals surface area contributed by atoms with Crippen molar-refractivity contribution in [3.05, 3.63) is 29.8 Å². The molecule has 0 aliphatic carbocycles. The van der Waals surface area contributed by atoms with Crippen molar-refractivity contribution in [3.63, 3.8) is 0 Å². The van der Waals surface area contributed by atoms with Crippen LogP contribution in [0.3, 0.4) is 0 Å². The quantitative estimate of drug-likeness (QED) is 0.791. The molecule has 0 atom stereocenters. The van der Waals surface area contributed by atoms with E-state index in [4.69, 9.17) is 10.00 Å². The summed E-state index contributed by atoms with van der Waals surface area (Å²) in [6, 6.07) is 9.60. The minimum atomic E-state index is 0.629. The number of benzene rings is 1. The summed E-state index contributed by atoms with van der Waals surface area (Å²) in [5.41, 5.74) is 0.629. The van der Waals surface area contributed by atoms with E-state index >= 15 is 0 Å². The number of ether oxygens (including phenoxy) is 1. The standard InChI is InChI=1S/C16H22N2O/c17-14-15-8-2-3-9-16(15)19-13-7-6-12-18-10-4-1-5-11-18/h2-3,8-9H,1,4-7,10-13H2/p+1. The van der Waals surface area contributed by atoms with Crippen LogP contribution in [0.1, 0.15) is 37.7 Å². The number of nitrogens with zero attached hydrogens (tertiary/aromatic N) is 1. The van der Waals surface area contributed by atoms with Crippen molar-refractivity contribution in [3.8, 4) is 11.8 Å².